The van der Waals surface area contributed by atoms with Gasteiger partial charge >= 0.3 is 6.03 Å². The minimum Gasteiger partial charge on any atom is -0.494 e. The first kappa shape index (κ1) is 14.9. The predicted molar refractivity (Wildman–Crippen MR) is 79.4 cm³/mol. The Kier molecular flexibility index (Phi) is 4.81. The monoisotopic (exact) mass is 289 g/mol. The van der Waals surface area contributed by atoms with E-state index in [0.717, 1.165) is 16.9 Å². The quantitative estimate of drug-likeness (QED) is 0.885. The fourth-order valence-corrected chi connectivity index (χ4v) is 2.00. The number of carbonyl (C=O) groups excluding carboxylic acids is 1. The van der Waals surface area contributed by atoms with Gasteiger partial charge in [0, 0.05) is 11.6 Å². The fourth-order valence-electron chi connectivity index (χ4n) is 2.00. The van der Waals surface area contributed by atoms with Crippen LogP contribution in [0.3, 0.4) is 0 Å². The molecule has 21 heavy (non-hydrogen) atoms. The van der Waals surface area contributed by atoms with E-state index in [2.05, 4.69) is 20.3 Å². The molecular weight excluding hydrogens is 270 g/mol. The lowest BCUT2D eigenvalue weighted by atomic mass is 10.0. The summed E-state index contributed by atoms with van der Waals surface area (Å²) in [6.07, 6.45) is 1.40. The van der Waals surface area contributed by atoms with Crippen molar-refractivity contribution in [2.45, 2.75) is 26.8 Å². The van der Waals surface area contributed by atoms with E-state index in [1.807, 2.05) is 39.0 Å². The van der Waals surface area contributed by atoms with Crippen LogP contribution in [-0.4, -0.2) is 17.8 Å². The number of nitrogens with one attached hydrogen (secondary N) is 2. The molecule has 0 aliphatic rings. The van der Waals surface area contributed by atoms with Gasteiger partial charge in [-0.05, 0) is 26.8 Å². The molecule has 0 aliphatic heterocycles. The summed E-state index contributed by atoms with van der Waals surface area (Å²) in [7, 11) is 0. The Morgan fingerprint density at radius 3 is 2.90 bits per heavy atom. The maximum Gasteiger partial charge on any atom is 0.320 e. The zero-order valence-corrected chi connectivity index (χ0v) is 12.3. The molecule has 0 aliphatic carbocycles. The molecule has 1 atom stereocenters. The van der Waals surface area contributed by atoms with E-state index >= 15 is 0 Å². The minimum atomic E-state index is -0.347. The van der Waals surface area contributed by atoms with E-state index in [1.54, 1.807) is 6.07 Å². The number of ether oxygens (including phenoxy) is 1. The Hall–Kier alpha value is -2.50. The highest BCUT2D eigenvalue weighted by Crippen LogP contribution is 2.26. The first-order valence-corrected chi connectivity index (χ1v) is 6.81. The van der Waals surface area contributed by atoms with Gasteiger partial charge in [-0.2, -0.15) is 0 Å². The third kappa shape index (κ3) is 3.98. The molecule has 6 heteroatoms. The number of benzene rings is 1. The number of aryl methyl sites for hydroxylation is 1. The lowest BCUT2D eigenvalue weighted by molar-refractivity contribution is 0.248. The molecule has 0 bridgehead atoms. The molecule has 1 unspecified atom stereocenters. The second-order valence-electron chi connectivity index (χ2n) is 4.68. The summed E-state index contributed by atoms with van der Waals surface area (Å²) in [4.78, 5) is 11.9. The summed E-state index contributed by atoms with van der Waals surface area (Å²) in [5.74, 6) is 1.14. The Morgan fingerprint density at radius 1 is 1.43 bits per heavy atom. The summed E-state index contributed by atoms with van der Waals surface area (Å²) in [6, 6.07) is 6.94. The maximum atomic E-state index is 11.9. The van der Waals surface area contributed by atoms with E-state index in [4.69, 9.17) is 4.74 Å². The summed E-state index contributed by atoms with van der Waals surface area (Å²) in [6.45, 7) is 6.41. The zero-order chi connectivity index (χ0) is 15.2. The normalized spacial score (nSPS) is 11.8. The first-order valence-electron chi connectivity index (χ1n) is 6.81. The van der Waals surface area contributed by atoms with Crippen LogP contribution in [0.25, 0.3) is 0 Å². The van der Waals surface area contributed by atoms with Crippen molar-refractivity contribution in [2.75, 3.05) is 11.9 Å². The highest BCUT2D eigenvalue weighted by atomic mass is 16.5. The second kappa shape index (κ2) is 6.78. The zero-order valence-electron chi connectivity index (χ0n) is 12.3. The van der Waals surface area contributed by atoms with E-state index in [1.165, 1.54) is 6.26 Å². The molecule has 1 aromatic carbocycles. The predicted octanol–water partition coefficient (Wildman–Crippen LogP) is 3.26. The van der Waals surface area contributed by atoms with Gasteiger partial charge in [-0.25, -0.2) is 4.79 Å². The van der Waals surface area contributed by atoms with Gasteiger partial charge in [0.05, 0.1) is 12.6 Å². The topological polar surface area (TPSA) is 76.4 Å². The molecule has 0 radical (unpaired) electrons. The van der Waals surface area contributed by atoms with Gasteiger partial charge in [0.1, 0.15) is 12.0 Å². The number of rotatable bonds is 5. The van der Waals surface area contributed by atoms with Gasteiger partial charge in [0.25, 0.3) is 0 Å². The minimum absolute atomic E-state index is 0.196. The van der Waals surface area contributed by atoms with Gasteiger partial charge in [-0.3, -0.25) is 5.32 Å². The number of urea groups is 1. The molecule has 2 aromatic rings. The number of aromatic nitrogens is 1. The third-order valence-electron chi connectivity index (χ3n) is 2.96. The van der Waals surface area contributed by atoms with Crippen molar-refractivity contribution in [2.24, 2.45) is 0 Å². The average Bonchev–Trinajstić information content (AvgIpc) is 2.93. The summed E-state index contributed by atoms with van der Waals surface area (Å²) in [5.41, 5.74) is 2.05. The SMILES string of the molecule is CCOc1ccc(C)cc1C(C)NC(=O)Nc1ccon1. The molecule has 1 heterocycles. The number of anilines is 1. The Labute approximate surface area is 123 Å². The van der Waals surface area contributed by atoms with E-state index in [9.17, 15) is 4.79 Å². The number of hydrogen-bond donors (Lipinski definition) is 2. The van der Waals surface area contributed by atoms with Crippen molar-refractivity contribution in [3.63, 3.8) is 0 Å². The molecule has 112 valence electrons. The molecule has 6 nitrogen and oxygen atoms in total. The van der Waals surface area contributed by atoms with Gasteiger partial charge in [-0.15, -0.1) is 0 Å². The first-order chi connectivity index (χ1) is 10.1. The lowest BCUT2D eigenvalue weighted by Crippen LogP contribution is -2.31. The molecule has 2 rings (SSSR count). The van der Waals surface area contributed by atoms with Crippen LogP contribution in [-0.2, 0) is 0 Å². The molecule has 0 spiro atoms. The maximum absolute atomic E-state index is 11.9. The fraction of sp³-hybridized carbons (Fsp3) is 0.333. The largest absolute Gasteiger partial charge is 0.494 e. The number of nitrogens with zero attached hydrogens (tertiary/aromatic N) is 1. The standard InChI is InChI=1S/C15H19N3O3/c1-4-20-13-6-5-10(2)9-12(13)11(3)16-15(19)17-14-7-8-21-18-14/h5-9,11H,4H2,1-3H3,(H2,16,17,18,19). The summed E-state index contributed by atoms with van der Waals surface area (Å²) < 4.78 is 10.3. The van der Waals surface area contributed by atoms with Crippen LogP contribution in [0.5, 0.6) is 5.75 Å². The number of hydrogen-bond acceptors (Lipinski definition) is 4. The van der Waals surface area contributed by atoms with Gasteiger partial charge in [-0.1, -0.05) is 22.9 Å². The molecule has 0 saturated heterocycles. The van der Waals surface area contributed by atoms with Crippen molar-refractivity contribution >= 4 is 11.8 Å². The average molecular weight is 289 g/mol. The summed E-state index contributed by atoms with van der Waals surface area (Å²) >= 11 is 0. The molecule has 2 amide bonds. The Bertz CT molecular complexity index is 596. The van der Waals surface area contributed by atoms with Crippen LogP contribution in [0.1, 0.15) is 31.0 Å². The van der Waals surface area contributed by atoms with Crippen LogP contribution in [0.2, 0.25) is 0 Å². The van der Waals surface area contributed by atoms with E-state index in [-0.39, 0.29) is 12.1 Å². The Balaban J connectivity index is 2.06. The Morgan fingerprint density at radius 2 is 2.24 bits per heavy atom. The van der Waals surface area contributed by atoms with Crippen LogP contribution in [0.15, 0.2) is 35.1 Å². The van der Waals surface area contributed by atoms with Crippen molar-refractivity contribution in [3.8, 4) is 5.75 Å². The molecular formula is C15H19N3O3. The van der Waals surface area contributed by atoms with E-state index < -0.39 is 0 Å². The lowest BCUT2D eigenvalue weighted by Gasteiger charge is -2.18. The number of amides is 2. The highest BCUT2D eigenvalue weighted by molar-refractivity contribution is 5.88. The van der Waals surface area contributed by atoms with E-state index in [0.29, 0.717) is 12.4 Å². The molecule has 2 N–H and O–H groups in total. The molecule has 0 saturated carbocycles. The number of carbonyl (C=O) groups is 1. The van der Waals surface area contributed by atoms with Crippen molar-refractivity contribution in [3.05, 3.63) is 41.7 Å². The third-order valence-corrected chi connectivity index (χ3v) is 2.96. The second-order valence-corrected chi connectivity index (χ2v) is 4.68. The molecule has 0 fully saturated rings. The summed E-state index contributed by atoms with van der Waals surface area (Å²) in [5, 5.41) is 9.07. The van der Waals surface area contributed by atoms with Crippen molar-refractivity contribution in [1.29, 1.82) is 0 Å². The van der Waals surface area contributed by atoms with Crippen LogP contribution >= 0.6 is 0 Å². The van der Waals surface area contributed by atoms with Gasteiger partial charge in [0.2, 0.25) is 0 Å². The molecule has 1 aromatic heterocycles. The van der Waals surface area contributed by atoms with Gasteiger partial charge in [0.15, 0.2) is 5.82 Å². The van der Waals surface area contributed by atoms with Crippen LogP contribution < -0.4 is 15.4 Å². The smallest absolute Gasteiger partial charge is 0.320 e. The van der Waals surface area contributed by atoms with Crippen LogP contribution in [0, 0.1) is 6.92 Å². The van der Waals surface area contributed by atoms with Gasteiger partial charge < -0.3 is 14.6 Å². The van der Waals surface area contributed by atoms with Crippen molar-refractivity contribution in [1.82, 2.24) is 10.5 Å². The highest BCUT2D eigenvalue weighted by Gasteiger charge is 2.15. The van der Waals surface area contributed by atoms with Crippen LogP contribution in [0.4, 0.5) is 10.6 Å². The van der Waals surface area contributed by atoms with Crippen molar-refractivity contribution < 1.29 is 14.1 Å².